The Morgan fingerprint density at radius 1 is 1.00 bits per heavy atom. The van der Waals surface area contributed by atoms with E-state index in [4.69, 9.17) is 4.74 Å². The van der Waals surface area contributed by atoms with Crippen LogP contribution in [0.25, 0.3) is 0 Å². The van der Waals surface area contributed by atoms with Crippen molar-refractivity contribution in [2.45, 2.75) is 71.3 Å². The molecule has 1 N–H and O–H groups in total. The minimum absolute atomic E-state index is 0.754. The van der Waals surface area contributed by atoms with Gasteiger partial charge in [-0.3, -0.25) is 0 Å². The highest BCUT2D eigenvalue weighted by Crippen LogP contribution is 2.16. The van der Waals surface area contributed by atoms with Gasteiger partial charge in [0.2, 0.25) is 0 Å². The van der Waals surface area contributed by atoms with E-state index in [-0.39, 0.29) is 0 Å². The van der Waals surface area contributed by atoms with Gasteiger partial charge in [0, 0.05) is 19.2 Å². The van der Waals surface area contributed by atoms with Crippen LogP contribution in [-0.2, 0) is 4.74 Å². The SMILES string of the molecule is CC(C)CCOCCNC1CCCCCCC1. The Kier molecular flexibility index (Phi) is 8.72. The average Bonchev–Trinajstić information content (AvgIpc) is 2.25. The minimum Gasteiger partial charge on any atom is -0.380 e. The quantitative estimate of drug-likeness (QED) is 0.685. The molecule has 0 amide bonds. The summed E-state index contributed by atoms with van der Waals surface area (Å²) in [7, 11) is 0. The first kappa shape index (κ1) is 15.0. The van der Waals surface area contributed by atoms with E-state index in [1.165, 1.54) is 51.4 Å². The van der Waals surface area contributed by atoms with Gasteiger partial charge in [-0.1, -0.05) is 46.0 Å². The molecule has 0 heterocycles. The molecule has 102 valence electrons. The third kappa shape index (κ3) is 8.62. The van der Waals surface area contributed by atoms with Crippen molar-refractivity contribution in [3.63, 3.8) is 0 Å². The number of rotatable bonds is 7. The normalized spacial score (nSPS) is 19.2. The van der Waals surface area contributed by atoms with Crippen LogP contribution in [0.2, 0.25) is 0 Å². The molecular weight excluding hydrogens is 210 g/mol. The molecule has 0 unspecified atom stereocenters. The fourth-order valence-corrected chi connectivity index (χ4v) is 2.42. The maximum Gasteiger partial charge on any atom is 0.0591 e. The summed E-state index contributed by atoms with van der Waals surface area (Å²) in [5, 5.41) is 3.65. The fourth-order valence-electron chi connectivity index (χ4n) is 2.42. The van der Waals surface area contributed by atoms with Crippen LogP contribution in [0.1, 0.15) is 65.2 Å². The van der Waals surface area contributed by atoms with Crippen molar-refractivity contribution < 1.29 is 4.74 Å². The lowest BCUT2D eigenvalue weighted by Gasteiger charge is -2.21. The highest BCUT2D eigenvalue weighted by Gasteiger charge is 2.09. The predicted octanol–water partition coefficient (Wildman–Crippen LogP) is 3.75. The molecule has 0 aromatic carbocycles. The first-order chi connectivity index (χ1) is 8.29. The first-order valence-electron chi connectivity index (χ1n) is 7.60. The molecule has 2 heteroatoms. The Morgan fingerprint density at radius 2 is 1.65 bits per heavy atom. The van der Waals surface area contributed by atoms with Crippen molar-refractivity contribution in [3.8, 4) is 0 Å². The molecule has 0 atom stereocenters. The second-order valence-electron chi connectivity index (χ2n) is 5.79. The van der Waals surface area contributed by atoms with Crippen LogP contribution < -0.4 is 5.32 Å². The summed E-state index contributed by atoms with van der Waals surface area (Å²) in [6.07, 6.45) is 11.1. The third-order valence-electron chi connectivity index (χ3n) is 3.62. The van der Waals surface area contributed by atoms with E-state index in [9.17, 15) is 0 Å². The summed E-state index contributed by atoms with van der Waals surface area (Å²) in [6, 6.07) is 0.754. The molecule has 0 bridgehead atoms. The number of hydrogen-bond acceptors (Lipinski definition) is 2. The van der Waals surface area contributed by atoms with Crippen molar-refractivity contribution in [1.29, 1.82) is 0 Å². The van der Waals surface area contributed by atoms with E-state index in [0.29, 0.717) is 0 Å². The summed E-state index contributed by atoms with van der Waals surface area (Å²) in [5.74, 6) is 0.758. The van der Waals surface area contributed by atoms with E-state index >= 15 is 0 Å². The van der Waals surface area contributed by atoms with Crippen LogP contribution in [-0.4, -0.2) is 25.8 Å². The van der Waals surface area contributed by atoms with Crippen molar-refractivity contribution in [2.75, 3.05) is 19.8 Å². The maximum atomic E-state index is 5.63. The zero-order chi connectivity index (χ0) is 12.3. The van der Waals surface area contributed by atoms with Gasteiger partial charge in [-0.25, -0.2) is 0 Å². The lowest BCUT2D eigenvalue weighted by Crippen LogP contribution is -2.32. The molecule has 17 heavy (non-hydrogen) atoms. The second kappa shape index (κ2) is 9.90. The van der Waals surface area contributed by atoms with Gasteiger partial charge in [-0.05, 0) is 25.2 Å². The number of ether oxygens (including phenoxy) is 1. The van der Waals surface area contributed by atoms with Gasteiger partial charge in [-0.15, -0.1) is 0 Å². The Hall–Kier alpha value is -0.0800. The molecule has 0 aromatic rings. The lowest BCUT2D eigenvalue weighted by molar-refractivity contribution is 0.122. The molecule has 0 saturated heterocycles. The molecule has 0 radical (unpaired) electrons. The Labute approximate surface area is 108 Å². The highest BCUT2D eigenvalue weighted by molar-refractivity contribution is 4.69. The topological polar surface area (TPSA) is 21.3 Å². The molecule has 0 spiro atoms. The van der Waals surface area contributed by atoms with Crippen molar-refractivity contribution >= 4 is 0 Å². The van der Waals surface area contributed by atoms with Gasteiger partial charge >= 0.3 is 0 Å². The molecule has 2 nitrogen and oxygen atoms in total. The smallest absolute Gasteiger partial charge is 0.0591 e. The summed E-state index contributed by atoms with van der Waals surface area (Å²) >= 11 is 0. The zero-order valence-electron chi connectivity index (χ0n) is 11.8. The molecule has 1 aliphatic rings. The molecular formula is C15H31NO. The van der Waals surface area contributed by atoms with Gasteiger partial charge in [0.25, 0.3) is 0 Å². The summed E-state index contributed by atoms with van der Waals surface area (Å²) in [4.78, 5) is 0. The number of hydrogen-bond donors (Lipinski definition) is 1. The Bertz CT molecular complexity index is 162. The zero-order valence-corrected chi connectivity index (χ0v) is 11.8. The molecule has 1 aliphatic carbocycles. The van der Waals surface area contributed by atoms with Crippen molar-refractivity contribution in [1.82, 2.24) is 5.32 Å². The van der Waals surface area contributed by atoms with E-state index in [1.54, 1.807) is 0 Å². The average molecular weight is 241 g/mol. The first-order valence-corrected chi connectivity index (χ1v) is 7.60. The summed E-state index contributed by atoms with van der Waals surface area (Å²) < 4.78 is 5.63. The van der Waals surface area contributed by atoms with Gasteiger partial charge in [0.15, 0.2) is 0 Å². The maximum absolute atomic E-state index is 5.63. The number of nitrogens with one attached hydrogen (secondary N) is 1. The molecule has 1 saturated carbocycles. The molecule has 0 aromatic heterocycles. The molecule has 1 fully saturated rings. The lowest BCUT2D eigenvalue weighted by atomic mass is 9.97. The van der Waals surface area contributed by atoms with Gasteiger partial charge in [0.1, 0.15) is 0 Å². The van der Waals surface area contributed by atoms with E-state index in [1.807, 2.05) is 0 Å². The van der Waals surface area contributed by atoms with Crippen LogP contribution in [0.3, 0.4) is 0 Å². The largest absolute Gasteiger partial charge is 0.380 e. The van der Waals surface area contributed by atoms with Crippen LogP contribution in [0.15, 0.2) is 0 Å². The van der Waals surface area contributed by atoms with E-state index in [0.717, 1.165) is 31.7 Å². The highest BCUT2D eigenvalue weighted by atomic mass is 16.5. The second-order valence-corrected chi connectivity index (χ2v) is 5.79. The van der Waals surface area contributed by atoms with E-state index < -0.39 is 0 Å². The third-order valence-corrected chi connectivity index (χ3v) is 3.62. The molecule has 0 aliphatic heterocycles. The van der Waals surface area contributed by atoms with Crippen molar-refractivity contribution in [2.24, 2.45) is 5.92 Å². The summed E-state index contributed by atoms with van der Waals surface area (Å²) in [5.41, 5.74) is 0. The van der Waals surface area contributed by atoms with Crippen LogP contribution in [0.5, 0.6) is 0 Å². The minimum atomic E-state index is 0.754. The van der Waals surface area contributed by atoms with Crippen LogP contribution >= 0.6 is 0 Å². The van der Waals surface area contributed by atoms with Gasteiger partial charge in [-0.2, -0.15) is 0 Å². The van der Waals surface area contributed by atoms with Gasteiger partial charge in [0.05, 0.1) is 6.61 Å². The van der Waals surface area contributed by atoms with Crippen LogP contribution in [0, 0.1) is 5.92 Å². The fraction of sp³-hybridized carbons (Fsp3) is 1.00. The van der Waals surface area contributed by atoms with Crippen LogP contribution in [0.4, 0.5) is 0 Å². The Morgan fingerprint density at radius 3 is 2.29 bits per heavy atom. The Balaban J connectivity index is 1.93. The van der Waals surface area contributed by atoms with Crippen molar-refractivity contribution in [3.05, 3.63) is 0 Å². The van der Waals surface area contributed by atoms with E-state index in [2.05, 4.69) is 19.2 Å². The molecule has 1 rings (SSSR count). The monoisotopic (exact) mass is 241 g/mol. The van der Waals surface area contributed by atoms with Gasteiger partial charge < -0.3 is 10.1 Å². The predicted molar refractivity (Wildman–Crippen MR) is 74.4 cm³/mol. The summed E-state index contributed by atoms with van der Waals surface area (Å²) in [6.45, 7) is 7.32. The standard InChI is InChI=1S/C15H31NO/c1-14(2)10-12-17-13-11-16-15-8-6-4-3-5-7-9-15/h14-16H,3-13H2,1-2H3.